The van der Waals surface area contributed by atoms with Gasteiger partial charge >= 0.3 is 0 Å². The largest absolute Gasteiger partial charge is 0.319 e. The van der Waals surface area contributed by atoms with Crippen molar-refractivity contribution in [3.05, 3.63) is 11.8 Å². The van der Waals surface area contributed by atoms with E-state index in [1.165, 1.54) is 0 Å². The Morgan fingerprint density at radius 3 is 2.86 bits per heavy atom. The van der Waals surface area contributed by atoms with Crippen molar-refractivity contribution in [2.24, 2.45) is 7.05 Å². The van der Waals surface area contributed by atoms with Gasteiger partial charge in [0.25, 0.3) is 0 Å². The maximum absolute atomic E-state index is 11.3. The normalized spacial score (nSPS) is 10.2. The number of carbonyl (C=O) groups excluding carboxylic acids is 1. The highest BCUT2D eigenvalue weighted by molar-refractivity contribution is 5.89. The zero-order valence-electron chi connectivity index (χ0n) is 8.79. The first-order valence-corrected chi connectivity index (χ1v) is 4.58. The third-order valence-electron chi connectivity index (χ3n) is 1.98. The van der Waals surface area contributed by atoms with Crippen LogP contribution in [-0.2, 0) is 11.8 Å². The highest BCUT2D eigenvalue weighted by Crippen LogP contribution is 2.06. The third kappa shape index (κ3) is 2.85. The van der Waals surface area contributed by atoms with Crippen LogP contribution in [0.25, 0.3) is 0 Å². The molecule has 0 unspecified atom stereocenters. The number of hydrogen-bond donors (Lipinski definition) is 2. The molecule has 1 aromatic rings. The lowest BCUT2D eigenvalue weighted by molar-refractivity contribution is -0.116. The molecule has 0 atom stereocenters. The lowest BCUT2D eigenvalue weighted by atomic mass is 10.4. The SMILES string of the molecule is CNCCC(=O)Nc1cc(C)n(C)n1. The monoisotopic (exact) mass is 196 g/mol. The standard InChI is InChI=1S/C9H16N4O/c1-7-6-8(12-13(7)3)11-9(14)4-5-10-2/h6,10H,4-5H2,1-3H3,(H,11,12,14). The number of rotatable bonds is 4. The summed E-state index contributed by atoms with van der Waals surface area (Å²) in [6.45, 7) is 2.62. The molecular formula is C9H16N4O. The van der Waals surface area contributed by atoms with Gasteiger partial charge in [0.1, 0.15) is 0 Å². The Morgan fingerprint density at radius 2 is 2.36 bits per heavy atom. The molecule has 78 valence electrons. The molecule has 1 amide bonds. The first-order valence-electron chi connectivity index (χ1n) is 4.58. The van der Waals surface area contributed by atoms with Crippen molar-refractivity contribution in [1.82, 2.24) is 15.1 Å². The number of amides is 1. The summed E-state index contributed by atoms with van der Waals surface area (Å²) < 4.78 is 1.73. The van der Waals surface area contributed by atoms with E-state index in [0.717, 1.165) is 5.69 Å². The molecule has 0 aromatic carbocycles. The summed E-state index contributed by atoms with van der Waals surface area (Å²) in [5.74, 6) is 0.601. The molecule has 1 aromatic heterocycles. The number of carbonyl (C=O) groups is 1. The quantitative estimate of drug-likeness (QED) is 0.727. The fourth-order valence-electron chi connectivity index (χ4n) is 1.07. The molecule has 5 heteroatoms. The van der Waals surface area contributed by atoms with E-state index >= 15 is 0 Å². The molecule has 0 fully saturated rings. The van der Waals surface area contributed by atoms with Crippen LogP contribution in [0.4, 0.5) is 5.82 Å². The van der Waals surface area contributed by atoms with Gasteiger partial charge in [0.15, 0.2) is 5.82 Å². The van der Waals surface area contributed by atoms with E-state index in [1.807, 2.05) is 27.1 Å². The maximum atomic E-state index is 11.3. The lowest BCUT2D eigenvalue weighted by Crippen LogP contribution is -2.18. The molecule has 0 radical (unpaired) electrons. The van der Waals surface area contributed by atoms with Gasteiger partial charge in [-0.3, -0.25) is 9.48 Å². The number of hydrogen-bond acceptors (Lipinski definition) is 3. The molecule has 1 heterocycles. The van der Waals surface area contributed by atoms with E-state index in [2.05, 4.69) is 15.7 Å². The van der Waals surface area contributed by atoms with Crippen molar-refractivity contribution in [3.8, 4) is 0 Å². The molecule has 0 aliphatic heterocycles. The average Bonchev–Trinajstić information content (AvgIpc) is 2.42. The number of aromatic nitrogens is 2. The van der Waals surface area contributed by atoms with E-state index in [4.69, 9.17) is 0 Å². The molecule has 0 aliphatic rings. The summed E-state index contributed by atoms with van der Waals surface area (Å²) in [5, 5.41) is 9.76. The maximum Gasteiger partial charge on any atom is 0.226 e. The highest BCUT2D eigenvalue weighted by atomic mass is 16.1. The third-order valence-corrected chi connectivity index (χ3v) is 1.98. The smallest absolute Gasteiger partial charge is 0.226 e. The molecular weight excluding hydrogens is 180 g/mol. The van der Waals surface area contributed by atoms with Crippen LogP contribution in [0.2, 0.25) is 0 Å². The van der Waals surface area contributed by atoms with Crippen LogP contribution >= 0.6 is 0 Å². The summed E-state index contributed by atoms with van der Waals surface area (Å²) in [4.78, 5) is 11.3. The van der Waals surface area contributed by atoms with Gasteiger partial charge in [-0.25, -0.2) is 0 Å². The van der Waals surface area contributed by atoms with Gasteiger partial charge in [0, 0.05) is 31.8 Å². The van der Waals surface area contributed by atoms with Crippen molar-refractivity contribution < 1.29 is 4.79 Å². The second-order valence-corrected chi connectivity index (χ2v) is 3.20. The van der Waals surface area contributed by atoms with Crippen molar-refractivity contribution in [3.63, 3.8) is 0 Å². The van der Waals surface area contributed by atoms with Gasteiger partial charge in [-0.15, -0.1) is 0 Å². The molecule has 2 N–H and O–H groups in total. The summed E-state index contributed by atoms with van der Waals surface area (Å²) in [5.41, 5.74) is 1.02. The molecule has 1 rings (SSSR count). The van der Waals surface area contributed by atoms with E-state index in [-0.39, 0.29) is 5.91 Å². The zero-order chi connectivity index (χ0) is 10.6. The van der Waals surface area contributed by atoms with Crippen molar-refractivity contribution in [1.29, 1.82) is 0 Å². The minimum Gasteiger partial charge on any atom is -0.319 e. The predicted molar refractivity (Wildman–Crippen MR) is 55.1 cm³/mol. The minimum absolute atomic E-state index is 0.0162. The lowest BCUT2D eigenvalue weighted by Gasteiger charge is -2.00. The van der Waals surface area contributed by atoms with Crippen molar-refractivity contribution in [2.75, 3.05) is 18.9 Å². The number of anilines is 1. The Hall–Kier alpha value is -1.36. The summed E-state index contributed by atoms with van der Waals surface area (Å²) in [6.07, 6.45) is 0.464. The molecule has 0 bridgehead atoms. The van der Waals surface area contributed by atoms with E-state index in [0.29, 0.717) is 18.8 Å². The first kappa shape index (κ1) is 10.7. The second kappa shape index (κ2) is 4.76. The Kier molecular flexibility index (Phi) is 3.64. The van der Waals surface area contributed by atoms with Crippen LogP contribution in [-0.4, -0.2) is 29.3 Å². The van der Waals surface area contributed by atoms with Gasteiger partial charge in [-0.1, -0.05) is 0 Å². The van der Waals surface area contributed by atoms with E-state index in [9.17, 15) is 4.79 Å². The fourth-order valence-corrected chi connectivity index (χ4v) is 1.07. The van der Waals surface area contributed by atoms with Crippen LogP contribution in [0.3, 0.4) is 0 Å². The molecule has 14 heavy (non-hydrogen) atoms. The number of nitrogens with zero attached hydrogens (tertiary/aromatic N) is 2. The van der Waals surface area contributed by atoms with Gasteiger partial charge in [-0.2, -0.15) is 5.10 Å². The topological polar surface area (TPSA) is 59.0 Å². The van der Waals surface area contributed by atoms with Crippen LogP contribution < -0.4 is 10.6 Å². The molecule has 0 saturated carbocycles. The summed E-state index contributed by atoms with van der Waals surface area (Å²) in [7, 11) is 3.66. The van der Waals surface area contributed by atoms with Crippen LogP contribution in [0.15, 0.2) is 6.07 Å². The van der Waals surface area contributed by atoms with Gasteiger partial charge in [0.2, 0.25) is 5.91 Å². The second-order valence-electron chi connectivity index (χ2n) is 3.20. The van der Waals surface area contributed by atoms with Gasteiger partial charge < -0.3 is 10.6 Å². The zero-order valence-corrected chi connectivity index (χ0v) is 8.79. The molecule has 0 saturated heterocycles. The fraction of sp³-hybridized carbons (Fsp3) is 0.556. The minimum atomic E-state index is -0.0162. The first-order chi connectivity index (χ1) is 6.63. The Balaban J connectivity index is 2.48. The number of nitrogens with one attached hydrogen (secondary N) is 2. The summed E-state index contributed by atoms with van der Waals surface area (Å²) in [6, 6.07) is 1.84. The predicted octanol–water partition coefficient (Wildman–Crippen LogP) is 0.277. The molecule has 0 spiro atoms. The average molecular weight is 196 g/mol. The van der Waals surface area contributed by atoms with Gasteiger partial charge in [0.05, 0.1) is 0 Å². The Morgan fingerprint density at radius 1 is 1.64 bits per heavy atom. The van der Waals surface area contributed by atoms with Crippen LogP contribution in [0.1, 0.15) is 12.1 Å². The van der Waals surface area contributed by atoms with E-state index in [1.54, 1.807) is 4.68 Å². The Bertz CT molecular complexity index is 299. The van der Waals surface area contributed by atoms with Crippen LogP contribution in [0.5, 0.6) is 0 Å². The van der Waals surface area contributed by atoms with E-state index < -0.39 is 0 Å². The van der Waals surface area contributed by atoms with Crippen molar-refractivity contribution >= 4 is 11.7 Å². The van der Waals surface area contributed by atoms with Gasteiger partial charge in [-0.05, 0) is 14.0 Å². The Labute approximate surface area is 83.5 Å². The molecule has 0 aliphatic carbocycles. The van der Waals surface area contributed by atoms with Crippen LogP contribution in [0, 0.1) is 6.92 Å². The highest BCUT2D eigenvalue weighted by Gasteiger charge is 2.05. The molecule has 5 nitrogen and oxygen atoms in total. The van der Waals surface area contributed by atoms with Crippen molar-refractivity contribution in [2.45, 2.75) is 13.3 Å². The number of aryl methyl sites for hydroxylation is 2. The summed E-state index contributed by atoms with van der Waals surface area (Å²) >= 11 is 0.